The van der Waals surface area contributed by atoms with Crippen LogP contribution in [0.1, 0.15) is 45.1 Å². The molecule has 0 bridgehead atoms. The highest BCUT2D eigenvalue weighted by Crippen LogP contribution is 2.37. The number of hydrogen-bond acceptors (Lipinski definition) is 1. The molecular formula is C14H21N. The van der Waals surface area contributed by atoms with Crippen molar-refractivity contribution >= 4 is 0 Å². The molecule has 0 amide bonds. The number of nitrogens with one attached hydrogen (secondary N) is 1. The minimum absolute atomic E-state index is 0.234. The average molecular weight is 203 g/mol. The molecule has 82 valence electrons. The molecule has 1 aliphatic rings. The minimum atomic E-state index is 0.234. The van der Waals surface area contributed by atoms with Gasteiger partial charge >= 0.3 is 0 Å². The lowest BCUT2D eigenvalue weighted by Gasteiger charge is -2.42. The summed E-state index contributed by atoms with van der Waals surface area (Å²) >= 11 is 0. The van der Waals surface area contributed by atoms with Crippen molar-refractivity contribution in [3.8, 4) is 0 Å². The maximum Gasteiger partial charge on any atom is 0.0141 e. The molecule has 0 heterocycles. The first-order valence-corrected chi connectivity index (χ1v) is 5.89. The molecule has 0 spiro atoms. The Morgan fingerprint density at radius 2 is 1.73 bits per heavy atom. The maximum atomic E-state index is 3.70. The quantitative estimate of drug-likeness (QED) is 0.777. The zero-order valence-electron chi connectivity index (χ0n) is 9.96. The highest BCUT2D eigenvalue weighted by molar-refractivity contribution is 5.24. The Morgan fingerprint density at radius 3 is 2.20 bits per heavy atom. The third kappa shape index (κ3) is 2.60. The van der Waals surface area contributed by atoms with E-state index in [2.05, 4.69) is 56.4 Å². The van der Waals surface area contributed by atoms with Crippen molar-refractivity contribution in [2.45, 2.75) is 51.1 Å². The highest BCUT2D eigenvalue weighted by Gasteiger charge is 2.33. The Hall–Kier alpha value is -0.820. The number of rotatable bonds is 2. The van der Waals surface area contributed by atoms with Crippen LogP contribution in [-0.2, 0) is 0 Å². The highest BCUT2D eigenvalue weighted by atomic mass is 15.0. The molecule has 1 aromatic carbocycles. The first-order chi connectivity index (χ1) is 7.06. The summed E-state index contributed by atoms with van der Waals surface area (Å²) in [6.07, 6.45) is 2.65. The standard InChI is InChI=1S/C14H21N/c1-14(2,3)15-13-10-9-12(13)11-7-5-4-6-8-11/h4-8,12-13,15H,9-10H2,1-3H3/t12-,13?/m0/s1. The fourth-order valence-electron chi connectivity index (χ4n) is 2.33. The summed E-state index contributed by atoms with van der Waals surface area (Å²) < 4.78 is 0. The van der Waals surface area contributed by atoms with Gasteiger partial charge in [0.15, 0.2) is 0 Å². The monoisotopic (exact) mass is 203 g/mol. The van der Waals surface area contributed by atoms with Gasteiger partial charge in [0.2, 0.25) is 0 Å². The molecule has 1 unspecified atom stereocenters. The van der Waals surface area contributed by atoms with E-state index in [4.69, 9.17) is 0 Å². The SMILES string of the molecule is CC(C)(C)NC1CC[C@H]1c1ccccc1. The van der Waals surface area contributed by atoms with Crippen molar-refractivity contribution < 1.29 is 0 Å². The van der Waals surface area contributed by atoms with Crippen LogP contribution in [0, 0.1) is 0 Å². The lowest BCUT2D eigenvalue weighted by atomic mass is 9.74. The normalized spacial score (nSPS) is 26.1. The van der Waals surface area contributed by atoms with Crippen LogP contribution >= 0.6 is 0 Å². The predicted octanol–water partition coefficient (Wildman–Crippen LogP) is 3.32. The first-order valence-electron chi connectivity index (χ1n) is 5.89. The molecular weight excluding hydrogens is 182 g/mol. The van der Waals surface area contributed by atoms with Gasteiger partial charge in [0, 0.05) is 11.6 Å². The van der Waals surface area contributed by atoms with E-state index in [9.17, 15) is 0 Å². The zero-order chi connectivity index (χ0) is 10.9. The summed E-state index contributed by atoms with van der Waals surface area (Å²) in [5, 5.41) is 3.70. The molecule has 1 aliphatic carbocycles. The molecule has 1 nitrogen and oxygen atoms in total. The second-order valence-electron chi connectivity index (χ2n) is 5.60. The molecule has 0 aliphatic heterocycles. The molecule has 2 atom stereocenters. The summed E-state index contributed by atoms with van der Waals surface area (Å²) in [6.45, 7) is 6.73. The third-order valence-electron chi connectivity index (χ3n) is 3.12. The van der Waals surface area contributed by atoms with Crippen LogP contribution in [0.5, 0.6) is 0 Å². The third-order valence-corrected chi connectivity index (χ3v) is 3.12. The van der Waals surface area contributed by atoms with E-state index in [1.165, 1.54) is 18.4 Å². The van der Waals surface area contributed by atoms with Crippen LogP contribution in [0.25, 0.3) is 0 Å². The summed E-state index contributed by atoms with van der Waals surface area (Å²) in [5.41, 5.74) is 1.73. The molecule has 0 saturated heterocycles. The molecule has 1 fully saturated rings. The van der Waals surface area contributed by atoms with Gasteiger partial charge < -0.3 is 5.32 Å². The fourth-order valence-corrected chi connectivity index (χ4v) is 2.33. The van der Waals surface area contributed by atoms with Crippen molar-refractivity contribution in [1.29, 1.82) is 0 Å². The zero-order valence-corrected chi connectivity index (χ0v) is 9.96. The topological polar surface area (TPSA) is 12.0 Å². The van der Waals surface area contributed by atoms with E-state index in [1.807, 2.05) is 0 Å². The van der Waals surface area contributed by atoms with E-state index in [1.54, 1.807) is 0 Å². The molecule has 15 heavy (non-hydrogen) atoms. The van der Waals surface area contributed by atoms with Gasteiger partial charge in [0.25, 0.3) is 0 Å². The van der Waals surface area contributed by atoms with Gasteiger partial charge in [0.1, 0.15) is 0 Å². The lowest BCUT2D eigenvalue weighted by molar-refractivity contribution is 0.228. The molecule has 1 heteroatoms. The van der Waals surface area contributed by atoms with Gasteiger partial charge in [0.05, 0.1) is 0 Å². The van der Waals surface area contributed by atoms with Crippen molar-refractivity contribution in [3.63, 3.8) is 0 Å². The van der Waals surface area contributed by atoms with E-state index >= 15 is 0 Å². The summed E-state index contributed by atoms with van der Waals surface area (Å²) in [7, 11) is 0. The Balaban J connectivity index is 2.01. The molecule has 0 radical (unpaired) electrons. The van der Waals surface area contributed by atoms with Gasteiger partial charge in [-0.05, 0) is 45.1 Å². The maximum absolute atomic E-state index is 3.70. The van der Waals surface area contributed by atoms with Gasteiger partial charge in [-0.2, -0.15) is 0 Å². The van der Waals surface area contributed by atoms with Crippen LogP contribution < -0.4 is 5.32 Å². The van der Waals surface area contributed by atoms with Crippen molar-refractivity contribution in [3.05, 3.63) is 35.9 Å². The molecule has 1 N–H and O–H groups in total. The van der Waals surface area contributed by atoms with Gasteiger partial charge in [-0.3, -0.25) is 0 Å². The molecule has 2 rings (SSSR count). The Bertz CT molecular complexity index is 310. The second kappa shape index (κ2) is 3.97. The minimum Gasteiger partial charge on any atom is -0.309 e. The Morgan fingerprint density at radius 1 is 1.07 bits per heavy atom. The Kier molecular flexibility index (Phi) is 2.83. The van der Waals surface area contributed by atoms with Crippen molar-refractivity contribution in [2.24, 2.45) is 0 Å². The van der Waals surface area contributed by atoms with E-state index in [0.29, 0.717) is 6.04 Å². The smallest absolute Gasteiger partial charge is 0.0141 e. The average Bonchev–Trinajstić information content (AvgIpc) is 2.13. The summed E-state index contributed by atoms with van der Waals surface area (Å²) in [6, 6.07) is 11.5. The Labute approximate surface area is 92.9 Å². The largest absolute Gasteiger partial charge is 0.309 e. The lowest BCUT2D eigenvalue weighted by Crippen LogP contribution is -2.50. The van der Waals surface area contributed by atoms with E-state index in [-0.39, 0.29) is 5.54 Å². The van der Waals surface area contributed by atoms with Gasteiger partial charge in [-0.1, -0.05) is 30.3 Å². The van der Waals surface area contributed by atoms with E-state index in [0.717, 1.165) is 5.92 Å². The van der Waals surface area contributed by atoms with Crippen LogP contribution in [0.2, 0.25) is 0 Å². The van der Waals surface area contributed by atoms with Crippen molar-refractivity contribution in [2.75, 3.05) is 0 Å². The molecule has 1 saturated carbocycles. The summed E-state index contributed by atoms with van der Waals surface area (Å²) in [4.78, 5) is 0. The second-order valence-corrected chi connectivity index (χ2v) is 5.60. The summed E-state index contributed by atoms with van der Waals surface area (Å²) in [5.74, 6) is 0.727. The van der Waals surface area contributed by atoms with E-state index < -0.39 is 0 Å². The molecule has 0 aromatic heterocycles. The van der Waals surface area contributed by atoms with Gasteiger partial charge in [-0.25, -0.2) is 0 Å². The van der Waals surface area contributed by atoms with Gasteiger partial charge in [-0.15, -0.1) is 0 Å². The number of benzene rings is 1. The van der Waals surface area contributed by atoms with Crippen LogP contribution in [0.15, 0.2) is 30.3 Å². The predicted molar refractivity (Wildman–Crippen MR) is 65.1 cm³/mol. The first kappa shape index (κ1) is 10.7. The van der Waals surface area contributed by atoms with Crippen LogP contribution in [-0.4, -0.2) is 11.6 Å². The molecule has 1 aromatic rings. The van der Waals surface area contributed by atoms with Crippen LogP contribution in [0.3, 0.4) is 0 Å². The van der Waals surface area contributed by atoms with Crippen LogP contribution in [0.4, 0.5) is 0 Å². The number of hydrogen-bond donors (Lipinski definition) is 1. The van der Waals surface area contributed by atoms with Crippen molar-refractivity contribution in [1.82, 2.24) is 5.32 Å². The fraction of sp³-hybridized carbons (Fsp3) is 0.571.